The van der Waals surface area contributed by atoms with Crippen molar-refractivity contribution in [2.75, 3.05) is 39.3 Å². The van der Waals surface area contributed by atoms with E-state index < -0.39 is 0 Å². The van der Waals surface area contributed by atoms with Gasteiger partial charge in [0.25, 0.3) is 0 Å². The van der Waals surface area contributed by atoms with Crippen molar-refractivity contribution in [3.63, 3.8) is 0 Å². The van der Waals surface area contributed by atoms with E-state index in [4.69, 9.17) is 0 Å². The molecule has 1 atom stereocenters. The van der Waals surface area contributed by atoms with Crippen LogP contribution in [-0.2, 0) is 6.54 Å². The summed E-state index contributed by atoms with van der Waals surface area (Å²) in [5, 5.41) is 3.47. The maximum absolute atomic E-state index is 3.47. The Kier molecular flexibility index (Phi) is 7.16. The van der Waals surface area contributed by atoms with E-state index in [1.54, 1.807) is 0 Å². The van der Waals surface area contributed by atoms with Gasteiger partial charge in [-0.2, -0.15) is 0 Å². The summed E-state index contributed by atoms with van der Waals surface area (Å²) in [5.41, 5.74) is 1.44. The monoisotopic (exact) mass is 323 g/mol. The van der Waals surface area contributed by atoms with E-state index in [-0.39, 0.29) is 12.4 Å². The van der Waals surface area contributed by atoms with Crippen LogP contribution in [0.25, 0.3) is 0 Å². The first-order chi connectivity index (χ1) is 10.3. The van der Waals surface area contributed by atoms with Gasteiger partial charge in [0.1, 0.15) is 0 Å². The maximum Gasteiger partial charge on any atom is 0.0234 e. The molecule has 22 heavy (non-hydrogen) atoms. The topological polar surface area (TPSA) is 18.5 Å². The highest BCUT2D eigenvalue weighted by atomic mass is 35.5. The normalized spacial score (nSPS) is 24.9. The van der Waals surface area contributed by atoms with Gasteiger partial charge in [-0.1, -0.05) is 30.3 Å². The Hall–Kier alpha value is -0.610. The van der Waals surface area contributed by atoms with Gasteiger partial charge in [0.05, 0.1) is 0 Å². The van der Waals surface area contributed by atoms with Gasteiger partial charge in [0.15, 0.2) is 0 Å². The molecule has 1 aromatic rings. The summed E-state index contributed by atoms with van der Waals surface area (Å²) in [6.45, 7) is 10.9. The van der Waals surface area contributed by atoms with Crippen LogP contribution < -0.4 is 5.32 Å². The van der Waals surface area contributed by atoms with Crippen LogP contribution in [0.5, 0.6) is 0 Å². The van der Waals surface area contributed by atoms with Crippen LogP contribution in [0.3, 0.4) is 0 Å². The van der Waals surface area contributed by atoms with Crippen LogP contribution in [0.4, 0.5) is 0 Å². The number of piperidine rings is 1. The smallest absolute Gasteiger partial charge is 0.0234 e. The molecule has 0 radical (unpaired) electrons. The second-order valence-electron chi connectivity index (χ2n) is 6.76. The van der Waals surface area contributed by atoms with Crippen molar-refractivity contribution in [1.82, 2.24) is 15.1 Å². The molecular formula is C18H30ClN3. The predicted octanol–water partition coefficient (Wildman–Crippen LogP) is 2.61. The summed E-state index contributed by atoms with van der Waals surface area (Å²) in [5.74, 6) is 0.911. The van der Waals surface area contributed by atoms with E-state index in [1.165, 1.54) is 57.7 Å². The molecule has 0 aromatic heterocycles. The lowest BCUT2D eigenvalue weighted by molar-refractivity contribution is 0.0619. The lowest BCUT2D eigenvalue weighted by Crippen LogP contribution is -2.53. The van der Waals surface area contributed by atoms with Crippen LogP contribution in [0.2, 0.25) is 0 Å². The van der Waals surface area contributed by atoms with Crippen molar-refractivity contribution in [2.24, 2.45) is 5.92 Å². The molecule has 0 saturated carbocycles. The molecule has 4 heteroatoms. The molecule has 0 spiro atoms. The fourth-order valence-corrected chi connectivity index (χ4v) is 3.72. The van der Waals surface area contributed by atoms with Crippen molar-refractivity contribution < 1.29 is 0 Å². The minimum absolute atomic E-state index is 0. The summed E-state index contributed by atoms with van der Waals surface area (Å²) >= 11 is 0. The Bertz CT molecular complexity index is 420. The van der Waals surface area contributed by atoms with Gasteiger partial charge < -0.3 is 5.32 Å². The van der Waals surface area contributed by atoms with Gasteiger partial charge in [-0.05, 0) is 44.3 Å². The maximum atomic E-state index is 3.47. The Morgan fingerprint density at radius 2 is 1.82 bits per heavy atom. The molecule has 2 saturated heterocycles. The Morgan fingerprint density at radius 1 is 1.09 bits per heavy atom. The number of nitrogens with one attached hydrogen (secondary N) is 1. The highest BCUT2D eigenvalue weighted by Gasteiger charge is 2.26. The standard InChI is InChI=1S/C18H29N3.ClH/c1-16-13-20(14-17-5-3-2-4-6-17)11-12-21(16)15-18-7-9-19-10-8-18;/h2-6,16,18-19H,7-15H2,1H3;1H. The number of hydrogen-bond donors (Lipinski definition) is 1. The fourth-order valence-electron chi connectivity index (χ4n) is 3.72. The van der Waals surface area contributed by atoms with E-state index in [0.717, 1.165) is 12.5 Å². The Morgan fingerprint density at radius 3 is 2.50 bits per heavy atom. The van der Waals surface area contributed by atoms with Crippen LogP contribution in [0.15, 0.2) is 30.3 Å². The zero-order chi connectivity index (χ0) is 14.5. The third-order valence-corrected chi connectivity index (χ3v) is 5.05. The van der Waals surface area contributed by atoms with Crippen LogP contribution in [0.1, 0.15) is 25.3 Å². The molecule has 2 heterocycles. The highest BCUT2D eigenvalue weighted by molar-refractivity contribution is 5.85. The van der Waals surface area contributed by atoms with Crippen molar-refractivity contribution >= 4 is 12.4 Å². The van der Waals surface area contributed by atoms with E-state index in [1.807, 2.05) is 0 Å². The third kappa shape index (κ3) is 4.95. The lowest BCUT2D eigenvalue weighted by Gasteiger charge is -2.42. The molecule has 0 aliphatic carbocycles. The Labute approximate surface area is 141 Å². The number of halogens is 1. The molecule has 0 bridgehead atoms. The molecule has 1 N–H and O–H groups in total. The first-order valence-electron chi connectivity index (χ1n) is 8.52. The van der Waals surface area contributed by atoms with Gasteiger partial charge >= 0.3 is 0 Å². The largest absolute Gasteiger partial charge is 0.317 e. The molecular weight excluding hydrogens is 294 g/mol. The average Bonchev–Trinajstić information content (AvgIpc) is 2.52. The average molecular weight is 324 g/mol. The highest BCUT2D eigenvalue weighted by Crippen LogP contribution is 2.18. The van der Waals surface area contributed by atoms with Gasteiger partial charge in [-0.15, -0.1) is 12.4 Å². The van der Waals surface area contributed by atoms with Crippen LogP contribution >= 0.6 is 12.4 Å². The molecule has 2 aliphatic rings. The van der Waals surface area contributed by atoms with E-state index in [9.17, 15) is 0 Å². The zero-order valence-electron chi connectivity index (χ0n) is 13.7. The van der Waals surface area contributed by atoms with Gasteiger partial charge in [-0.25, -0.2) is 0 Å². The minimum Gasteiger partial charge on any atom is -0.317 e. The van der Waals surface area contributed by atoms with Gasteiger partial charge in [0.2, 0.25) is 0 Å². The van der Waals surface area contributed by atoms with Crippen molar-refractivity contribution in [1.29, 1.82) is 0 Å². The molecule has 0 amide bonds. The molecule has 3 nitrogen and oxygen atoms in total. The number of hydrogen-bond acceptors (Lipinski definition) is 3. The van der Waals surface area contributed by atoms with Crippen molar-refractivity contribution in [3.8, 4) is 0 Å². The quantitative estimate of drug-likeness (QED) is 0.919. The van der Waals surface area contributed by atoms with E-state index >= 15 is 0 Å². The van der Waals surface area contributed by atoms with E-state index in [2.05, 4.69) is 52.4 Å². The summed E-state index contributed by atoms with van der Waals surface area (Å²) in [6, 6.07) is 11.6. The number of rotatable bonds is 4. The van der Waals surface area contributed by atoms with Gasteiger partial charge in [0, 0.05) is 38.8 Å². The molecule has 2 fully saturated rings. The van der Waals surface area contributed by atoms with E-state index in [0.29, 0.717) is 6.04 Å². The Balaban J connectivity index is 0.00000176. The van der Waals surface area contributed by atoms with Gasteiger partial charge in [-0.3, -0.25) is 9.80 Å². The number of piperazine rings is 1. The third-order valence-electron chi connectivity index (χ3n) is 5.05. The molecule has 3 rings (SSSR count). The second-order valence-corrected chi connectivity index (χ2v) is 6.76. The minimum atomic E-state index is 0. The summed E-state index contributed by atoms with van der Waals surface area (Å²) < 4.78 is 0. The number of nitrogens with zero attached hydrogens (tertiary/aromatic N) is 2. The zero-order valence-corrected chi connectivity index (χ0v) is 14.5. The SMILES string of the molecule is CC1CN(Cc2ccccc2)CCN1CC1CCNCC1.Cl. The second kappa shape index (κ2) is 8.88. The molecule has 124 valence electrons. The lowest BCUT2D eigenvalue weighted by atomic mass is 9.96. The summed E-state index contributed by atoms with van der Waals surface area (Å²) in [7, 11) is 0. The van der Waals surface area contributed by atoms with Crippen LogP contribution in [0, 0.1) is 5.92 Å². The summed E-state index contributed by atoms with van der Waals surface area (Å²) in [4.78, 5) is 5.33. The summed E-state index contributed by atoms with van der Waals surface area (Å²) in [6.07, 6.45) is 2.72. The first-order valence-corrected chi connectivity index (χ1v) is 8.52. The fraction of sp³-hybridized carbons (Fsp3) is 0.667. The number of benzene rings is 1. The van der Waals surface area contributed by atoms with Crippen LogP contribution in [-0.4, -0.2) is 55.1 Å². The first kappa shape index (κ1) is 17.7. The molecule has 1 aromatic carbocycles. The van der Waals surface area contributed by atoms with Crippen molar-refractivity contribution in [3.05, 3.63) is 35.9 Å². The van der Waals surface area contributed by atoms with Crippen molar-refractivity contribution in [2.45, 2.75) is 32.4 Å². The molecule has 2 aliphatic heterocycles. The molecule has 1 unspecified atom stereocenters. The predicted molar refractivity (Wildman–Crippen MR) is 95.6 cm³/mol.